The van der Waals surface area contributed by atoms with Gasteiger partial charge in [0, 0.05) is 43.1 Å². The van der Waals surface area contributed by atoms with E-state index in [1.807, 2.05) is 12.1 Å². The summed E-state index contributed by atoms with van der Waals surface area (Å²) in [5.74, 6) is 0.653. The zero-order valence-corrected chi connectivity index (χ0v) is 19.4. The number of carbonyl (C=O) groups excluding carboxylic acids is 1. The Bertz CT molecular complexity index is 1100. The third kappa shape index (κ3) is 5.43. The van der Waals surface area contributed by atoms with Gasteiger partial charge in [0.1, 0.15) is 17.4 Å². The third-order valence-corrected chi connectivity index (χ3v) is 5.99. The lowest BCUT2D eigenvalue weighted by Gasteiger charge is -2.33. The fourth-order valence-corrected chi connectivity index (χ4v) is 3.97. The number of hydrogen-bond acceptors (Lipinski definition) is 5. The molecule has 0 aliphatic carbocycles. The molecule has 2 heterocycles. The van der Waals surface area contributed by atoms with Crippen LogP contribution in [-0.2, 0) is 6.54 Å². The molecule has 3 aromatic rings. The molecule has 1 saturated heterocycles. The van der Waals surface area contributed by atoms with Crippen LogP contribution >= 0.6 is 11.6 Å². The second-order valence-corrected chi connectivity index (χ2v) is 8.46. The topological polar surface area (TPSA) is 48.9 Å². The summed E-state index contributed by atoms with van der Waals surface area (Å²) >= 11 is 6.07. The number of carbonyl (C=O) groups is 1. The number of halogens is 2. The van der Waals surface area contributed by atoms with Crippen molar-refractivity contribution < 1.29 is 13.9 Å². The number of piperazine rings is 1. The number of hydrogen-bond donors (Lipinski definition) is 0. The van der Waals surface area contributed by atoms with E-state index in [0.717, 1.165) is 37.6 Å². The van der Waals surface area contributed by atoms with E-state index in [2.05, 4.69) is 21.8 Å². The van der Waals surface area contributed by atoms with Gasteiger partial charge in [0.05, 0.1) is 19.2 Å². The first-order valence-electron chi connectivity index (χ1n) is 10.7. The Morgan fingerprint density at radius 3 is 2.45 bits per heavy atom. The molecule has 172 valence electrons. The SMILES string of the molecule is COc1cc(Cl)ccc1C(=O)N(Cc1ccc(N2CCN(C)CC2)nc1)c1ccc(F)cc1. The fraction of sp³-hybridized carbons (Fsp3) is 0.280. The maximum absolute atomic E-state index is 13.6. The van der Waals surface area contributed by atoms with Gasteiger partial charge in [-0.3, -0.25) is 4.79 Å². The van der Waals surface area contributed by atoms with Gasteiger partial charge in [0.25, 0.3) is 5.91 Å². The molecule has 0 bridgehead atoms. The van der Waals surface area contributed by atoms with Crippen molar-refractivity contribution >= 4 is 29.0 Å². The number of benzene rings is 2. The zero-order chi connectivity index (χ0) is 23.4. The minimum atomic E-state index is -0.367. The Labute approximate surface area is 198 Å². The van der Waals surface area contributed by atoms with Gasteiger partial charge in [0.2, 0.25) is 0 Å². The average molecular weight is 469 g/mol. The molecule has 33 heavy (non-hydrogen) atoms. The normalized spacial score (nSPS) is 14.2. The molecule has 1 aliphatic heterocycles. The average Bonchev–Trinajstić information content (AvgIpc) is 2.83. The number of ether oxygens (including phenoxy) is 1. The van der Waals surface area contributed by atoms with Crippen LogP contribution in [0.25, 0.3) is 0 Å². The molecule has 2 aromatic carbocycles. The number of nitrogens with zero attached hydrogens (tertiary/aromatic N) is 4. The highest BCUT2D eigenvalue weighted by Gasteiger charge is 2.23. The highest BCUT2D eigenvalue weighted by Crippen LogP contribution is 2.28. The van der Waals surface area contributed by atoms with Crippen LogP contribution in [0.2, 0.25) is 5.02 Å². The Morgan fingerprint density at radius 2 is 1.82 bits per heavy atom. The molecule has 4 rings (SSSR count). The summed E-state index contributed by atoms with van der Waals surface area (Å²) in [4.78, 5) is 24.3. The molecule has 1 aliphatic rings. The third-order valence-electron chi connectivity index (χ3n) is 5.75. The Morgan fingerprint density at radius 1 is 1.09 bits per heavy atom. The Hall–Kier alpha value is -3.16. The number of rotatable bonds is 6. The molecule has 0 radical (unpaired) electrons. The van der Waals surface area contributed by atoms with E-state index >= 15 is 0 Å². The second-order valence-electron chi connectivity index (χ2n) is 8.03. The number of aromatic nitrogens is 1. The van der Waals surface area contributed by atoms with E-state index in [-0.39, 0.29) is 18.3 Å². The van der Waals surface area contributed by atoms with Crippen LogP contribution in [0.5, 0.6) is 5.75 Å². The lowest BCUT2D eigenvalue weighted by Crippen LogP contribution is -2.44. The van der Waals surface area contributed by atoms with Crippen molar-refractivity contribution in [1.29, 1.82) is 0 Å². The summed E-state index contributed by atoms with van der Waals surface area (Å²) < 4.78 is 18.9. The summed E-state index contributed by atoms with van der Waals surface area (Å²) in [6, 6.07) is 14.7. The summed E-state index contributed by atoms with van der Waals surface area (Å²) in [5.41, 5.74) is 1.80. The molecular formula is C25H26ClFN4O2. The molecule has 1 aromatic heterocycles. The molecule has 0 unspecified atom stereocenters. The highest BCUT2D eigenvalue weighted by atomic mass is 35.5. The molecule has 1 amide bonds. The lowest BCUT2D eigenvalue weighted by atomic mass is 10.1. The maximum atomic E-state index is 13.6. The smallest absolute Gasteiger partial charge is 0.262 e. The van der Waals surface area contributed by atoms with Crippen molar-refractivity contribution in [3.63, 3.8) is 0 Å². The maximum Gasteiger partial charge on any atom is 0.262 e. The van der Waals surface area contributed by atoms with Crippen LogP contribution in [-0.4, -0.2) is 56.1 Å². The van der Waals surface area contributed by atoms with Crippen LogP contribution in [0.4, 0.5) is 15.9 Å². The van der Waals surface area contributed by atoms with Crippen LogP contribution in [0.15, 0.2) is 60.8 Å². The summed E-state index contributed by atoms with van der Waals surface area (Å²) in [5, 5.41) is 0.473. The largest absolute Gasteiger partial charge is 0.496 e. The van der Waals surface area contributed by atoms with Crippen LogP contribution < -0.4 is 14.5 Å². The standard InChI is InChI=1S/C25H26ClFN4O2/c1-29-11-13-30(14-12-29)24-10-3-18(16-28-24)17-31(21-7-5-20(27)6-8-21)25(32)22-9-4-19(26)15-23(22)33-2/h3-10,15-16H,11-14,17H2,1-2H3. The van der Waals surface area contributed by atoms with Crippen molar-refractivity contribution in [2.75, 3.05) is 50.1 Å². The van der Waals surface area contributed by atoms with Gasteiger partial charge in [-0.1, -0.05) is 17.7 Å². The van der Waals surface area contributed by atoms with Crippen LogP contribution in [0.1, 0.15) is 15.9 Å². The monoisotopic (exact) mass is 468 g/mol. The zero-order valence-electron chi connectivity index (χ0n) is 18.7. The van der Waals surface area contributed by atoms with Crippen molar-refractivity contribution in [3.05, 3.63) is 82.8 Å². The van der Waals surface area contributed by atoms with Gasteiger partial charge >= 0.3 is 0 Å². The molecule has 0 saturated carbocycles. The first kappa shape index (κ1) is 23.0. The first-order valence-corrected chi connectivity index (χ1v) is 11.1. The number of amides is 1. The molecule has 0 spiro atoms. The quantitative estimate of drug-likeness (QED) is 0.534. The van der Waals surface area contributed by atoms with Gasteiger partial charge in [-0.25, -0.2) is 9.37 Å². The van der Waals surface area contributed by atoms with Crippen molar-refractivity contribution in [2.45, 2.75) is 6.54 Å². The summed E-state index contributed by atoms with van der Waals surface area (Å²) in [6.07, 6.45) is 1.79. The Balaban J connectivity index is 1.61. The van der Waals surface area contributed by atoms with E-state index in [0.29, 0.717) is 22.0 Å². The Kier molecular flexibility index (Phi) is 7.11. The second kappa shape index (κ2) is 10.2. The number of methoxy groups -OCH3 is 1. The van der Waals surface area contributed by atoms with E-state index < -0.39 is 0 Å². The minimum Gasteiger partial charge on any atom is -0.496 e. The van der Waals surface area contributed by atoms with Gasteiger partial charge in [-0.05, 0) is 61.1 Å². The van der Waals surface area contributed by atoms with E-state index in [9.17, 15) is 9.18 Å². The fourth-order valence-electron chi connectivity index (χ4n) is 3.80. The lowest BCUT2D eigenvalue weighted by molar-refractivity contribution is 0.0982. The van der Waals surface area contributed by atoms with Crippen molar-refractivity contribution in [3.8, 4) is 5.75 Å². The number of anilines is 2. The van der Waals surface area contributed by atoms with Gasteiger partial charge in [0.15, 0.2) is 0 Å². The van der Waals surface area contributed by atoms with E-state index in [1.54, 1.807) is 41.4 Å². The molecule has 6 nitrogen and oxygen atoms in total. The molecule has 8 heteroatoms. The van der Waals surface area contributed by atoms with Crippen molar-refractivity contribution in [1.82, 2.24) is 9.88 Å². The first-order chi connectivity index (χ1) is 15.9. The predicted octanol–water partition coefficient (Wildman–Crippen LogP) is 4.48. The van der Waals surface area contributed by atoms with Crippen LogP contribution in [0, 0.1) is 5.82 Å². The summed E-state index contributed by atoms with van der Waals surface area (Å²) in [6.45, 7) is 4.13. The molecule has 0 N–H and O–H groups in total. The molecule has 1 fully saturated rings. The summed E-state index contributed by atoms with van der Waals surface area (Å²) in [7, 11) is 3.61. The van der Waals surface area contributed by atoms with Crippen molar-refractivity contribution in [2.24, 2.45) is 0 Å². The number of pyridine rings is 1. The van der Waals surface area contributed by atoms with Gasteiger partial charge < -0.3 is 19.4 Å². The van der Waals surface area contributed by atoms with Crippen LogP contribution in [0.3, 0.4) is 0 Å². The van der Waals surface area contributed by atoms with E-state index in [1.165, 1.54) is 19.2 Å². The van der Waals surface area contributed by atoms with Gasteiger partial charge in [-0.15, -0.1) is 0 Å². The minimum absolute atomic E-state index is 0.270. The van der Waals surface area contributed by atoms with E-state index in [4.69, 9.17) is 16.3 Å². The van der Waals surface area contributed by atoms with Gasteiger partial charge in [-0.2, -0.15) is 0 Å². The number of likely N-dealkylation sites (N-methyl/N-ethyl adjacent to an activating group) is 1. The predicted molar refractivity (Wildman–Crippen MR) is 129 cm³/mol. The molecule has 0 atom stereocenters. The highest BCUT2D eigenvalue weighted by molar-refractivity contribution is 6.31. The molecular weight excluding hydrogens is 443 g/mol.